The molecule has 0 radical (unpaired) electrons. The number of carbonyl (C=O) groups excluding carboxylic acids is 3. The fourth-order valence-electron chi connectivity index (χ4n) is 2.74. The summed E-state index contributed by atoms with van der Waals surface area (Å²) in [6.45, 7) is 5.27. The Morgan fingerprint density at radius 2 is 1.60 bits per heavy atom. The Morgan fingerprint density at radius 3 is 2.30 bits per heavy atom. The molecule has 0 fully saturated rings. The van der Waals surface area contributed by atoms with Gasteiger partial charge in [0.05, 0.1) is 11.3 Å². The molecule has 0 saturated carbocycles. The maximum atomic E-state index is 12.4. The maximum absolute atomic E-state index is 12.4. The van der Waals surface area contributed by atoms with E-state index in [1.165, 1.54) is 0 Å². The summed E-state index contributed by atoms with van der Waals surface area (Å²) in [4.78, 5) is 38.4. The number of nitrogens with zero attached hydrogens (tertiary/aromatic N) is 1. The molecule has 30 heavy (non-hydrogen) atoms. The van der Waals surface area contributed by atoms with E-state index in [-0.39, 0.29) is 30.8 Å². The average Bonchev–Trinajstić information content (AvgIpc) is 2.73. The van der Waals surface area contributed by atoms with Crippen LogP contribution < -0.4 is 16.0 Å². The summed E-state index contributed by atoms with van der Waals surface area (Å²) in [6.07, 6.45) is 0.104. The van der Waals surface area contributed by atoms with Crippen molar-refractivity contribution in [2.75, 3.05) is 25.5 Å². The van der Waals surface area contributed by atoms with E-state index in [1.807, 2.05) is 44.2 Å². The van der Waals surface area contributed by atoms with Gasteiger partial charge in [-0.25, -0.2) is 4.79 Å². The fraction of sp³-hybridized carbons (Fsp3) is 0.348. The van der Waals surface area contributed by atoms with E-state index in [9.17, 15) is 14.4 Å². The fourth-order valence-corrected chi connectivity index (χ4v) is 2.74. The van der Waals surface area contributed by atoms with Crippen LogP contribution in [0.3, 0.4) is 0 Å². The van der Waals surface area contributed by atoms with Gasteiger partial charge >= 0.3 is 6.03 Å². The molecule has 0 bridgehead atoms. The van der Waals surface area contributed by atoms with Crippen molar-refractivity contribution in [1.29, 1.82) is 0 Å². The standard InChI is InChI=1S/C23H30N4O3/c1-17(2)15-25-22(29)19-11-7-8-12-20(19)26-21(28)13-14-24-23(30)27(3)16-18-9-5-4-6-10-18/h4-12,17H,13-16H2,1-3H3,(H,24,30)(H,25,29)(H,26,28). The lowest BCUT2D eigenvalue weighted by atomic mass is 10.1. The van der Waals surface area contributed by atoms with Gasteiger partial charge < -0.3 is 20.9 Å². The first-order valence-corrected chi connectivity index (χ1v) is 10.1. The Bertz CT molecular complexity index is 853. The summed E-state index contributed by atoms with van der Waals surface area (Å²) in [7, 11) is 1.70. The highest BCUT2D eigenvalue weighted by Gasteiger charge is 2.14. The normalized spacial score (nSPS) is 10.4. The van der Waals surface area contributed by atoms with Gasteiger partial charge in [0.15, 0.2) is 0 Å². The zero-order valence-electron chi connectivity index (χ0n) is 17.8. The second kappa shape index (κ2) is 11.6. The highest BCUT2D eigenvalue weighted by molar-refractivity contribution is 6.03. The van der Waals surface area contributed by atoms with Gasteiger partial charge in [-0.15, -0.1) is 0 Å². The third kappa shape index (κ3) is 7.58. The van der Waals surface area contributed by atoms with Crippen molar-refractivity contribution >= 4 is 23.5 Å². The summed E-state index contributed by atoms with van der Waals surface area (Å²) < 4.78 is 0. The highest BCUT2D eigenvalue weighted by Crippen LogP contribution is 2.15. The zero-order chi connectivity index (χ0) is 21.9. The lowest BCUT2D eigenvalue weighted by molar-refractivity contribution is -0.116. The Morgan fingerprint density at radius 1 is 0.933 bits per heavy atom. The van der Waals surface area contributed by atoms with Gasteiger partial charge in [0, 0.05) is 33.1 Å². The van der Waals surface area contributed by atoms with E-state index in [2.05, 4.69) is 16.0 Å². The molecule has 0 atom stereocenters. The Hall–Kier alpha value is -3.35. The topological polar surface area (TPSA) is 90.5 Å². The van der Waals surface area contributed by atoms with Gasteiger partial charge in [0.2, 0.25) is 5.91 Å². The number of benzene rings is 2. The molecule has 3 N–H and O–H groups in total. The predicted molar refractivity (Wildman–Crippen MR) is 118 cm³/mol. The van der Waals surface area contributed by atoms with Gasteiger partial charge in [-0.05, 0) is 23.6 Å². The van der Waals surface area contributed by atoms with Crippen LogP contribution in [-0.2, 0) is 11.3 Å². The molecule has 2 aromatic carbocycles. The smallest absolute Gasteiger partial charge is 0.317 e. The summed E-state index contributed by atoms with van der Waals surface area (Å²) >= 11 is 0. The molecule has 0 aliphatic rings. The molecule has 0 saturated heterocycles. The van der Waals surface area contributed by atoms with Crippen molar-refractivity contribution in [2.45, 2.75) is 26.8 Å². The minimum absolute atomic E-state index is 0.104. The monoisotopic (exact) mass is 410 g/mol. The average molecular weight is 411 g/mol. The van der Waals surface area contributed by atoms with Crippen LogP contribution >= 0.6 is 0 Å². The summed E-state index contributed by atoms with van der Waals surface area (Å²) in [5.41, 5.74) is 1.90. The zero-order valence-corrected chi connectivity index (χ0v) is 17.8. The van der Waals surface area contributed by atoms with Crippen LogP contribution in [0.5, 0.6) is 0 Å². The lowest BCUT2D eigenvalue weighted by Crippen LogP contribution is -2.38. The molecule has 0 unspecified atom stereocenters. The van der Waals surface area contributed by atoms with Crippen molar-refractivity contribution < 1.29 is 14.4 Å². The molecule has 0 heterocycles. The molecule has 160 valence electrons. The number of urea groups is 1. The van der Waals surface area contributed by atoms with Crippen molar-refractivity contribution in [3.05, 3.63) is 65.7 Å². The molecular weight excluding hydrogens is 380 g/mol. The summed E-state index contributed by atoms with van der Waals surface area (Å²) in [5, 5.41) is 8.34. The van der Waals surface area contributed by atoms with Gasteiger partial charge in [-0.1, -0.05) is 56.3 Å². The lowest BCUT2D eigenvalue weighted by Gasteiger charge is -2.18. The van der Waals surface area contributed by atoms with Gasteiger partial charge in [-0.2, -0.15) is 0 Å². The van der Waals surface area contributed by atoms with Crippen molar-refractivity contribution in [2.24, 2.45) is 5.92 Å². The minimum Gasteiger partial charge on any atom is -0.352 e. The first kappa shape index (κ1) is 22.9. The van der Waals surface area contributed by atoms with E-state index in [0.717, 1.165) is 5.56 Å². The van der Waals surface area contributed by atoms with Crippen LogP contribution in [0.25, 0.3) is 0 Å². The molecule has 2 rings (SSSR count). The van der Waals surface area contributed by atoms with E-state index in [0.29, 0.717) is 30.3 Å². The molecule has 0 aromatic heterocycles. The first-order valence-electron chi connectivity index (χ1n) is 10.1. The van der Waals surface area contributed by atoms with Gasteiger partial charge in [-0.3, -0.25) is 9.59 Å². The largest absolute Gasteiger partial charge is 0.352 e. The molecule has 0 aliphatic heterocycles. The Kier molecular flexibility index (Phi) is 8.87. The van der Waals surface area contributed by atoms with Crippen LogP contribution in [0.1, 0.15) is 36.2 Å². The summed E-state index contributed by atoms with van der Waals surface area (Å²) in [6, 6.07) is 16.3. The minimum atomic E-state index is -0.273. The first-order chi connectivity index (χ1) is 14.4. The molecule has 7 heteroatoms. The number of hydrogen-bond donors (Lipinski definition) is 3. The van der Waals surface area contributed by atoms with Crippen molar-refractivity contribution in [1.82, 2.24) is 15.5 Å². The second-order valence-corrected chi connectivity index (χ2v) is 7.52. The number of anilines is 1. The maximum Gasteiger partial charge on any atom is 0.317 e. The highest BCUT2D eigenvalue weighted by atomic mass is 16.2. The summed E-state index contributed by atoms with van der Waals surface area (Å²) in [5.74, 6) is -0.167. The Labute approximate surface area is 177 Å². The van der Waals surface area contributed by atoms with Gasteiger partial charge in [0.25, 0.3) is 5.91 Å². The molecule has 0 spiro atoms. The third-order valence-corrected chi connectivity index (χ3v) is 4.35. The number of carbonyl (C=O) groups is 3. The van der Waals surface area contributed by atoms with Crippen molar-refractivity contribution in [3.63, 3.8) is 0 Å². The van der Waals surface area contributed by atoms with Crippen LogP contribution in [0.15, 0.2) is 54.6 Å². The van der Waals surface area contributed by atoms with Crippen LogP contribution in [-0.4, -0.2) is 42.9 Å². The third-order valence-electron chi connectivity index (χ3n) is 4.35. The predicted octanol–water partition coefficient (Wildman–Crippen LogP) is 3.24. The molecule has 4 amide bonds. The van der Waals surface area contributed by atoms with E-state index >= 15 is 0 Å². The second-order valence-electron chi connectivity index (χ2n) is 7.52. The number of amides is 4. The number of hydrogen-bond acceptors (Lipinski definition) is 3. The molecule has 0 aliphatic carbocycles. The SMILES string of the molecule is CC(C)CNC(=O)c1ccccc1NC(=O)CCNC(=O)N(C)Cc1ccccc1. The van der Waals surface area contributed by atoms with E-state index in [4.69, 9.17) is 0 Å². The molecule has 7 nitrogen and oxygen atoms in total. The van der Waals surface area contributed by atoms with E-state index in [1.54, 1.807) is 36.2 Å². The van der Waals surface area contributed by atoms with Gasteiger partial charge in [0.1, 0.15) is 0 Å². The quantitative estimate of drug-likeness (QED) is 0.593. The number of nitrogens with one attached hydrogen (secondary N) is 3. The van der Waals surface area contributed by atoms with Crippen LogP contribution in [0.4, 0.5) is 10.5 Å². The van der Waals surface area contributed by atoms with Crippen molar-refractivity contribution in [3.8, 4) is 0 Å². The molecule has 2 aromatic rings. The van der Waals surface area contributed by atoms with E-state index < -0.39 is 0 Å². The Balaban J connectivity index is 1.81. The van der Waals surface area contributed by atoms with Crippen LogP contribution in [0, 0.1) is 5.92 Å². The number of rotatable bonds is 9. The van der Waals surface area contributed by atoms with Crippen LogP contribution in [0.2, 0.25) is 0 Å². The molecular formula is C23H30N4O3. The number of para-hydroxylation sites is 1.